The SMILES string of the molecule is CCOC(=O)c1cc2c(n(CCCN=[N+]=[N-])c1=O)CCCCCC2.CCOC(=O)c1cc2c(n(CCCOS(C)(=O)=O)c1=O)CCCCCC2. The van der Waals surface area contributed by atoms with Crippen LogP contribution < -0.4 is 11.1 Å². The lowest BCUT2D eigenvalue weighted by Gasteiger charge is -2.20. The predicted octanol–water partition coefficient (Wildman–Crippen LogP) is 5.43. The number of nitrogens with zero attached hydrogens (tertiary/aromatic N) is 5. The van der Waals surface area contributed by atoms with E-state index < -0.39 is 22.1 Å². The Bertz CT molecular complexity index is 1740. The number of azide groups is 1. The number of hydrogen-bond donors (Lipinski definition) is 0. The van der Waals surface area contributed by atoms with Crippen LogP contribution in [0.25, 0.3) is 10.4 Å². The van der Waals surface area contributed by atoms with Gasteiger partial charge in [0.15, 0.2) is 0 Å². The fourth-order valence-corrected chi connectivity index (χ4v) is 6.85. The van der Waals surface area contributed by atoms with Gasteiger partial charge in [-0.15, -0.1) is 0 Å². The van der Waals surface area contributed by atoms with Crippen LogP contribution in [0.3, 0.4) is 0 Å². The molecule has 0 aliphatic heterocycles. The summed E-state index contributed by atoms with van der Waals surface area (Å²) in [6.07, 6.45) is 13.9. The topological polar surface area (TPSA) is 189 Å². The lowest BCUT2D eigenvalue weighted by Crippen LogP contribution is -2.32. The maximum Gasteiger partial charge on any atom is 0.343 e. The Morgan fingerprint density at radius 1 is 0.760 bits per heavy atom. The first-order valence-electron chi connectivity index (χ1n) is 17.7. The minimum atomic E-state index is -3.51. The van der Waals surface area contributed by atoms with Crippen LogP contribution in [-0.2, 0) is 62.5 Å². The zero-order valence-electron chi connectivity index (χ0n) is 29.6. The molecule has 0 atom stereocenters. The molecule has 2 aliphatic rings. The molecular formula is C35H51N5O9S. The third kappa shape index (κ3) is 12.1. The molecule has 2 aromatic rings. The van der Waals surface area contributed by atoms with E-state index in [4.69, 9.17) is 19.2 Å². The van der Waals surface area contributed by atoms with Crippen LogP contribution in [0.5, 0.6) is 0 Å². The van der Waals surface area contributed by atoms with E-state index in [1.165, 1.54) is 6.42 Å². The summed E-state index contributed by atoms with van der Waals surface area (Å²) in [5, 5.41) is 3.52. The average Bonchev–Trinajstić information content (AvgIpc) is 3.04. The zero-order valence-corrected chi connectivity index (χ0v) is 30.4. The van der Waals surface area contributed by atoms with Crippen molar-refractivity contribution in [3.63, 3.8) is 0 Å². The standard InChI is InChI=1S/C18H27NO6S.C17H24N4O3/c1-3-24-18(21)15-13-14-9-6-4-5-7-10-16(14)19(17(15)20)11-8-12-25-26(2,22)23;1-2-24-17(23)14-12-13-8-5-3-4-6-9-15(13)21(16(14)22)11-7-10-19-20-18/h13H,3-12H2,1-2H3;12H,2-11H2,1H3. The molecule has 50 heavy (non-hydrogen) atoms. The molecule has 276 valence electrons. The molecule has 2 heterocycles. The van der Waals surface area contributed by atoms with Crippen LogP contribution >= 0.6 is 0 Å². The van der Waals surface area contributed by atoms with Gasteiger partial charge in [0, 0.05) is 35.9 Å². The third-order valence-electron chi connectivity index (χ3n) is 8.72. The van der Waals surface area contributed by atoms with Gasteiger partial charge in [-0.05, 0) is 107 Å². The largest absolute Gasteiger partial charge is 0.462 e. The van der Waals surface area contributed by atoms with Crippen LogP contribution in [0.15, 0.2) is 26.8 Å². The van der Waals surface area contributed by atoms with Crippen molar-refractivity contribution in [3.05, 3.63) is 76.9 Å². The van der Waals surface area contributed by atoms with E-state index in [9.17, 15) is 27.6 Å². The molecule has 0 amide bonds. The summed E-state index contributed by atoms with van der Waals surface area (Å²) >= 11 is 0. The Morgan fingerprint density at radius 3 is 1.62 bits per heavy atom. The van der Waals surface area contributed by atoms with Gasteiger partial charge in [0.25, 0.3) is 21.2 Å². The van der Waals surface area contributed by atoms with Gasteiger partial charge in [0.1, 0.15) is 11.1 Å². The number of rotatable bonds is 13. The summed E-state index contributed by atoms with van der Waals surface area (Å²) in [4.78, 5) is 52.7. The molecule has 15 heteroatoms. The van der Waals surface area contributed by atoms with Crippen molar-refractivity contribution in [2.24, 2.45) is 5.11 Å². The van der Waals surface area contributed by atoms with Gasteiger partial charge >= 0.3 is 11.9 Å². The van der Waals surface area contributed by atoms with Crippen molar-refractivity contribution >= 4 is 22.1 Å². The van der Waals surface area contributed by atoms with Crippen LogP contribution in [-0.4, -0.2) is 62.1 Å². The number of pyridine rings is 2. The zero-order chi connectivity index (χ0) is 36.5. The predicted molar refractivity (Wildman–Crippen MR) is 189 cm³/mol. The van der Waals surface area contributed by atoms with Crippen molar-refractivity contribution in [1.29, 1.82) is 0 Å². The van der Waals surface area contributed by atoms with Gasteiger partial charge in [0.2, 0.25) is 0 Å². The molecule has 0 aromatic carbocycles. The highest BCUT2D eigenvalue weighted by molar-refractivity contribution is 7.85. The van der Waals surface area contributed by atoms with Crippen molar-refractivity contribution in [3.8, 4) is 0 Å². The van der Waals surface area contributed by atoms with Gasteiger partial charge in [0.05, 0.1) is 26.1 Å². The molecule has 2 aromatic heterocycles. The average molecular weight is 718 g/mol. The minimum Gasteiger partial charge on any atom is -0.462 e. The molecule has 0 N–H and O–H groups in total. The number of ether oxygens (including phenoxy) is 2. The number of hydrogen-bond acceptors (Lipinski definition) is 10. The second-order valence-electron chi connectivity index (χ2n) is 12.4. The van der Waals surface area contributed by atoms with Crippen LogP contribution in [0.4, 0.5) is 0 Å². The first kappa shape index (κ1) is 40.5. The summed E-state index contributed by atoms with van der Waals surface area (Å²) in [7, 11) is -3.51. The summed E-state index contributed by atoms with van der Waals surface area (Å²) in [5.41, 5.74) is 11.9. The Hall–Kier alpha value is -3.94. The summed E-state index contributed by atoms with van der Waals surface area (Å²) in [6, 6.07) is 3.41. The van der Waals surface area contributed by atoms with E-state index in [0.29, 0.717) is 32.5 Å². The van der Waals surface area contributed by atoms with Crippen LogP contribution in [0, 0.1) is 0 Å². The molecular weight excluding hydrogens is 666 g/mol. The molecule has 0 bridgehead atoms. The molecule has 0 spiro atoms. The normalized spacial score (nSPS) is 14.5. The monoisotopic (exact) mass is 717 g/mol. The van der Waals surface area contributed by atoms with E-state index in [1.54, 1.807) is 35.1 Å². The Kier molecular flexibility index (Phi) is 16.7. The smallest absolute Gasteiger partial charge is 0.343 e. The van der Waals surface area contributed by atoms with Gasteiger partial charge < -0.3 is 18.6 Å². The van der Waals surface area contributed by atoms with E-state index in [2.05, 4.69) is 10.0 Å². The van der Waals surface area contributed by atoms with Gasteiger partial charge in [-0.2, -0.15) is 8.42 Å². The van der Waals surface area contributed by atoms with Crippen molar-refractivity contribution < 1.29 is 31.7 Å². The molecule has 0 unspecified atom stereocenters. The fraction of sp³-hybridized carbons (Fsp3) is 0.657. The van der Waals surface area contributed by atoms with Gasteiger partial charge in [-0.25, -0.2) is 9.59 Å². The van der Waals surface area contributed by atoms with Crippen molar-refractivity contribution in [2.45, 2.75) is 117 Å². The van der Waals surface area contributed by atoms with E-state index in [-0.39, 0.29) is 42.1 Å². The Labute approximate surface area is 293 Å². The molecule has 14 nitrogen and oxygen atoms in total. The number of esters is 2. The number of carbonyl (C=O) groups is 2. The van der Waals surface area contributed by atoms with Crippen molar-refractivity contribution in [1.82, 2.24) is 9.13 Å². The molecule has 0 saturated heterocycles. The first-order valence-corrected chi connectivity index (χ1v) is 19.5. The van der Waals surface area contributed by atoms with Crippen molar-refractivity contribution in [2.75, 3.05) is 32.6 Å². The fourth-order valence-electron chi connectivity index (χ4n) is 6.43. The van der Waals surface area contributed by atoms with Gasteiger partial charge in [-0.1, -0.05) is 30.8 Å². The van der Waals surface area contributed by atoms with E-state index in [0.717, 1.165) is 99.4 Å². The molecule has 4 rings (SSSR count). The Morgan fingerprint density at radius 2 is 1.20 bits per heavy atom. The summed E-state index contributed by atoms with van der Waals surface area (Å²) in [6.45, 7) is 4.97. The van der Waals surface area contributed by atoms with Gasteiger partial charge in [-0.3, -0.25) is 13.8 Å². The minimum absolute atomic E-state index is 0.00365. The number of carbonyl (C=O) groups excluding carboxylic acids is 2. The quantitative estimate of drug-likeness (QED) is 0.0649. The van der Waals surface area contributed by atoms with Crippen LogP contribution in [0.1, 0.15) is 121 Å². The van der Waals surface area contributed by atoms with Crippen LogP contribution in [0.2, 0.25) is 0 Å². The molecule has 0 saturated carbocycles. The third-order valence-corrected chi connectivity index (χ3v) is 9.31. The summed E-state index contributed by atoms with van der Waals surface area (Å²) in [5.74, 6) is -1.17. The highest BCUT2D eigenvalue weighted by Gasteiger charge is 2.22. The highest BCUT2D eigenvalue weighted by atomic mass is 32.2. The first-order chi connectivity index (χ1) is 24.0. The number of fused-ring (bicyclic) bond motifs is 2. The molecule has 2 aliphatic carbocycles. The van der Waals surface area contributed by atoms with E-state index in [1.807, 2.05) is 0 Å². The number of aromatic nitrogens is 2. The maximum atomic E-state index is 12.8. The second kappa shape index (κ2) is 20.7. The lowest BCUT2D eigenvalue weighted by atomic mass is 9.95. The highest BCUT2D eigenvalue weighted by Crippen LogP contribution is 2.22. The molecule has 0 radical (unpaired) electrons. The Balaban J connectivity index is 0.000000271. The lowest BCUT2D eigenvalue weighted by molar-refractivity contribution is 0.0513. The maximum absolute atomic E-state index is 12.8. The molecule has 0 fully saturated rings. The number of aryl methyl sites for hydroxylation is 2. The second-order valence-corrected chi connectivity index (χ2v) is 14.1. The summed E-state index contributed by atoms with van der Waals surface area (Å²) < 4.78 is 40.3. The van der Waals surface area contributed by atoms with E-state index >= 15 is 0 Å².